The van der Waals surface area contributed by atoms with Crippen LogP contribution in [-0.2, 0) is 9.53 Å². The van der Waals surface area contributed by atoms with Crippen molar-refractivity contribution in [3.63, 3.8) is 0 Å². The summed E-state index contributed by atoms with van der Waals surface area (Å²) >= 11 is 0. The number of hydrogen-bond donors (Lipinski definition) is 0. The molecule has 0 aliphatic carbocycles. The van der Waals surface area contributed by atoms with Crippen LogP contribution in [-0.4, -0.2) is 12.6 Å². The van der Waals surface area contributed by atoms with Crippen LogP contribution < -0.4 is 0 Å². The molecule has 0 heterocycles. The molecule has 0 bridgehead atoms. The first kappa shape index (κ1) is 11.5. The summed E-state index contributed by atoms with van der Waals surface area (Å²) in [7, 11) is 0. The number of benzene rings is 1. The summed E-state index contributed by atoms with van der Waals surface area (Å²) in [5.74, 6) is -0.279. The van der Waals surface area contributed by atoms with Crippen molar-refractivity contribution < 1.29 is 9.53 Å². The van der Waals surface area contributed by atoms with Crippen LogP contribution >= 0.6 is 0 Å². The van der Waals surface area contributed by atoms with Crippen molar-refractivity contribution in [3.8, 4) is 0 Å². The Morgan fingerprint density at radius 2 is 2.27 bits per heavy atom. The van der Waals surface area contributed by atoms with Crippen LogP contribution in [0.5, 0.6) is 0 Å². The van der Waals surface area contributed by atoms with E-state index in [1.54, 1.807) is 6.08 Å². The standard InChI is InChI=1S/C13H16O2/c1-3-9-15-13(14)8-7-12-6-4-5-11(2)10-12/h4-8,10H,3,9H2,1-2H3/b8-7+. The molecule has 0 aromatic heterocycles. The molecule has 0 aliphatic rings. The zero-order valence-electron chi connectivity index (χ0n) is 9.19. The molecule has 0 radical (unpaired) electrons. The average Bonchev–Trinajstić information content (AvgIpc) is 2.23. The molecule has 0 fully saturated rings. The van der Waals surface area contributed by atoms with Gasteiger partial charge in [-0.05, 0) is 25.0 Å². The molecule has 80 valence electrons. The van der Waals surface area contributed by atoms with Crippen molar-refractivity contribution in [2.75, 3.05) is 6.61 Å². The fourth-order valence-electron chi connectivity index (χ4n) is 1.19. The summed E-state index contributed by atoms with van der Waals surface area (Å²) < 4.78 is 4.92. The fourth-order valence-corrected chi connectivity index (χ4v) is 1.19. The van der Waals surface area contributed by atoms with Gasteiger partial charge in [0.2, 0.25) is 0 Å². The number of rotatable bonds is 4. The minimum Gasteiger partial charge on any atom is -0.463 e. The largest absolute Gasteiger partial charge is 0.463 e. The topological polar surface area (TPSA) is 26.3 Å². The zero-order valence-corrected chi connectivity index (χ0v) is 9.19. The van der Waals surface area contributed by atoms with Crippen LogP contribution in [0.2, 0.25) is 0 Å². The molecular formula is C13H16O2. The molecule has 0 atom stereocenters. The van der Waals surface area contributed by atoms with Crippen molar-refractivity contribution in [1.82, 2.24) is 0 Å². The lowest BCUT2D eigenvalue weighted by Gasteiger charge is -1.98. The van der Waals surface area contributed by atoms with E-state index in [0.717, 1.165) is 12.0 Å². The molecule has 1 rings (SSSR count). The maximum atomic E-state index is 11.2. The third kappa shape index (κ3) is 4.45. The Balaban J connectivity index is 2.53. The van der Waals surface area contributed by atoms with Gasteiger partial charge in [0.05, 0.1) is 6.61 Å². The van der Waals surface area contributed by atoms with Gasteiger partial charge >= 0.3 is 5.97 Å². The second-order valence-corrected chi connectivity index (χ2v) is 3.41. The van der Waals surface area contributed by atoms with Crippen LogP contribution in [0.1, 0.15) is 24.5 Å². The molecule has 0 saturated heterocycles. The van der Waals surface area contributed by atoms with Crippen LogP contribution in [0.3, 0.4) is 0 Å². The minimum absolute atomic E-state index is 0.279. The first-order valence-corrected chi connectivity index (χ1v) is 5.14. The van der Waals surface area contributed by atoms with Crippen molar-refractivity contribution in [1.29, 1.82) is 0 Å². The van der Waals surface area contributed by atoms with Gasteiger partial charge in [-0.15, -0.1) is 0 Å². The van der Waals surface area contributed by atoms with Crippen LogP contribution in [0, 0.1) is 6.92 Å². The summed E-state index contributed by atoms with van der Waals surface area (Å²) in [6, 6.07) is 7.96. The van der Waals surface area contributed by atoms with E-state index in [1.807, 2.05) is 38.1 Å². The molecule has 0 spiro atoms. The zero-order chi connectivity index (χ0) is 11.1. The fraction of sp³-hybridized carbons (Fsp3) is 0.308. The third-order valence-corrected chi connectivity index (χ3v) is 1.90. The quantitative estimate of drug-likeness (QED) is 0.556. The average molecular weight is 204 g/mol. The van der Waals surface area contributed by atoms with Crippen molar-refractivity contribution in [2.24, 2.45) is 0 Å². The normalized spacial score (nSPS) is 10.5. The Hall–Kier alpha value is -1.57. The Morgan fingerprint density at radius 3 is 2.93 bits per heavy atom. The van der Waals surface area contributed by atoms with E-state index < -0.39 is 0 Å². The van der Waals surface area contributed by atoms with Gasteiger partial charge in [0.25, 0.3) is 0 Å². The van der Waals surface area contributed by atoms with Crippen LogP contribution in [0.15, 0.2) is 30.3 Å². The Kier molecular flexibility index (Phi) is 4.61. The van der Waals surface area contributed by atoms with E-state index in [4.69, 9.17) is 4.74 Å². The second kappa shape index (κ2) is 6.02. The van der Waals surface area contributed by atoms with Gasteiger partial charge < -0.3 is 4.74 Å². The van der Waals surface area contributed by atoms with Gasteiger partial charge in [0, 0.05) is 6.08 Å². The molecule has 0 unspecified atom stereocenters. The summed E-state index contributed by atoms with van der Waals surface area (Å²) in [4.78, 5) is 11.2. The summed E-state index contributed by atoms with van der Waals surface area (Å²) in [6.07, 6.45) is 4.08. The Labute approximate surface area is 90.6 Å². The second-order valence-electron chi connectivity index (χ2n) is 3.41. The molecule has 0 amide bonds. The monoisotopic (exact) mass is 204 g/mol. The first-order valence-electron chi connectivity index (χ1n) is 5.14. The highest BCUT2D eigenvalue weighted by Gasteiger charge is 1.94. The maximum Gasteiger partial charge on any atom is 0.330 e. The number of ether oxygens (including phenoxy) is 1. The lowest BCUT2D eigenvalue weighted by atomic mass is 10.1. The lowest BCUT2D eigenvalue weighted by molar-refractivity contribution is -0.137. The van der Waals surface area contributed by atoms with E-state index in [0.29, 0.717) is 6.61 Å². The van der Waals surface area contributed by atoms with E-state index in [1.165, 1.54) is 11.6 Å². The molecule has 15 heavy (non-hydrogen) atoms. The smallest absolute Gasteiger partial charge is 0.330 e. The van der Waals surface area contributed by atoms with Crippen molar-refractivity contribution in [3.05, 3.63) is 41.5 Å². The highest BCUT2D eigenvalue weighted by molar-refractivity contribution is 5.87. The molecule has 0 aliphatic heterocycles. The molecule has 1 aromatic carbocycles. The predicted molar refractivity (Wildman–Crippen MR) is 61.5 cm³/mol. The molecule has 0 N–H and O–H groups in total. The first-order chi connectivity index (χ1) is 7.22. The Bertz CT molecular complexity index is 353. The van der Waals surface area contributed by atoms with Crippen LogP contribution in [0.25, 0.3) is 6.08 Å². The molecule has 1 aromatic rings. The molecular weight excluding hydrogens is 188 g/mol. The van der Waals surface area contributed by atoms with Gasteiger partial charge in [-0.3, -0.25) is 0 Å². The van der Waals surface area contributed by atoms with Crippen molar-refractivity contribution in [2.45, 2.75) is 20.3 Å². The van der Waals surface area contributed by atoms with Gasteiger partial charge in [0.15, 0.2) is 0 Å². The van der Waals surface area contributed by atoms with Gasteiger partial charge in [0.1, 0.15) is 0 Å². The van der Waals surface area contributed by atoms with E-state index in [2.05, 4.69) is 0 Å². The number of carbonyl (C=O) groups is 1. The lowest BCUT2D eigenvalue weighted by Crippen LogP contribution is -2.00. The van der Waals surface area contributed by atoms with Gasteiger partial charge in [-0.25, -0.2) is 4.79 Å². The molecule has 2 heteroatoms. The minimum atomic E-state index is -0.279. The van der Waals surface area contributed by atoms with Crippen molar-refractivity contribution >= 4 is 12.0 Å². The SMILES string of the molecule is CCCOC(=O)/C=C/c1cccc(C)c1. The highest BCUT2D eigenvalue weighted by Crippen LogP contribution is 2.05. The molecule has 2 nitrogen and oxygen atoms in total. The number of carbonyl (C=O) groups excluding carboxylic acids is 1. The number of esters is 1. The number of aryl methyl sites for hydroxylation is 1. The summed E-state index contributed by atoms with van der Waals surface area (Å²) in [6.45, 7) is 4.47. The van der Waals surface area contributed by atoms with E-state index in [-0.39, 0.29) is 5.97 Å². The van der Waals surface area contributed by atoms with Gasteiger partial charge in [-0.2, -0.15) is 0 Å². The molecule has 0 saturated carbocycles. The maximum absolute atomic E-state index is 11.2. The summed E-state index contributed by atoms with van der Waals surface area (Å²) in [5.41, 5.74) is 2.20. The number of hydrogen-bond acceptors (Lipinski definition) is 2. The summed E-state index contributed by atoms with van der Waals surface area (Å²) in [5, 5.41) is 0. The van der Waals surface area contributed by atoms with E-state index in [9.17, 15) is 4.79 Å². The van der Waals surface area contributed by atoms with Gasteiger partial charge in [-0.1, -0.05) is 36.8 Å². The highest BCUT2D eigenvalue weighted by atomic mass is 16.5. The van der Waals surface area contributed by atoms with E-state index >= 15 is 0 Å². The third-order valence-electron chi connectivity index (χ3n) is 1.90. The van der Waals surface area contributed by atoms with Crippen LogP contribution in [0.4, 0.5) is 0 Å². The Morgan fingerprint density at radius 1 is 1.47 bits per heavy atom. The predicted octanol–water partition coefficient (Wildman–Crippen LogP) is 2.96.